The Bertz CT molecular complexity index is 504. The van der Waals surface area contributed by atoms with Gasteiger partial charge in [0, 0.05) is 23.2 Å². The molecule has 0 radical (unpaired) electrons. The summed E-state index contributed by atoms with van der Waals surface area (Å²) in [5.41, 5.74) is 6.22. The Morgan fingerprint density at radius 3 is 2.74 bits per heavy atom. The van der Waals surface area contributed by atoms with E-state index in [1.165, 1.54) is 0 Å². The van der Waals surface area contributed by atoms with Crippen LogP contribution in [0.5, 0.6) is 0 Å². The first-order valence-corrected chi connectivity index (χ1v) is 7.98. The van der Waals surface area contributed by atoms with Crippen molar-refractivity contribution in [3.05, 3.63) is 22.7 Å². The molecule has 1 aliphatic heterocycles. The molecule has 104 valence electrons. The second-order valence-electron chi connectivity index (χ2n) is 4.17. The van der Waals surface area contributed by atoms with Crippen LogP contribution in [0.25, 0.3) is 0 Å². The maximum absolute atomic E-state index is 12.2. The van der Waals surface area contributed by atoms with E-state index in [0.29, 0.717) is 41.4 Å². The van der Waals surface area contributed by atoms with Crippen molar-refractivity contribution < 1.29 is 13.7 Å². The monoisotopic (exact) mass is 346 g/mol. The molecule has 0 bridgehead atoms. The molecule has 1 fully saturated rings. The third kappa shape index (κ3) is 3.77. The number of nitrogen functional groups attached to an aromatic ring is 1. The van der Waals surface area contributed by atoms with Crippen molar-refractivity contribution in [1.29, 1.82) is 0 Å². The average molecular weight is 347 g/mol. The Morgan fingerprint density at radius 1 is 1.42 bits per heavy atom. The third-order valence-electron chi connectivity index (χ3n) is 2.82. The van der Waals surface area contributed by atoms with Gasteiger partial charge in [-0.3, -0.25) is 9.00 Å². The van der Waals surface area contributed by atoms with Crippen LogP contribution < -0.4 is 5.73 Å². The number of morpholine rings is 1. The van der Waals surface area contributed by atoms with Crippen molar-refractivity contribution in [3.8, 4) is 0 Å². The number of carbonyl (C=O) groups excluding carboxylic acids is 1. The molecular formula is C12H15BrN2O3S. The number of benzene rings is 1. The van der Waals surface area contributed by atoms with Crippen molar-refractivity contribution >= 4 is 38.3 Å². The predicted molar refractivity (Wildman–Crippen MR) is 77.2 cm³/mol. The van der Waals surface area contributed by atoms with Crippen molar-refractivity contribution in [3.63, 3.8) is 0 Å². The number of rotatable bonds is 3. The van der Waals surface area contributed by atoms with E-state index in [-0.39, 0.29) is 11.7 Å². The summed E-state index contributed by atoms with van der Waals surface area (Å²) >= 11 is 3.32. The largest absolute Gasteiger partial charge is 0.399 e. The number of amides is 1. The average Bonchev–Trinajstić information content (AvgIpc) is 2.39. The molecule has 1 atom stereocenters. The number of halogens is 1. The Labute approximate surface area is 122 Å². The summed E-state index contributed by atoms with van der Waals surface area (Å²) < 4.78 is 18.0. The number of hydrogen-bond donors (Lipinski definition) is 1. The molecule has 1 aromatic rings. The quantitative estimate of drug-likeness (QED) is 0.828. The molecule has 1 unspecified atom stereocenters. The van der Waals surface area contributed by atoms with E-state index in [1.807, 2.05) is 0 Å². The van der Waals surface area contributed by atoms with Crippen LogP contribution in [-0.4, -0.2) is 47.1 Å². The van der Waals surface area contributed by atoms with Gasteiger partial charge in [-0.25, -0.2) is 0 Å². The lowest BCUT2D eigenvalue weighted by Crippen LogP contribution is -2.42. The van der Waals surface area contributed by atoms with Gasteiger partial charge in [-0.2, -0.15) is 0 Å². The zero-order valence-electron chi connectivity index (χ0n) is 10.3. The Morgan fingerprint density at radius 2 is 2.11 bits per heavy atom. The molecule has 1 amide bonds. The molecule has 0 aromatic heterocycles. The number of hydrogen-bond acceptors (Lipinski definition) is 4. The number of carbonyl (C=O) groups is 1. The highest BCUT2D eigenvalue weighted by atomic mass is 79.9. The minimum atomic E-state index is -1.37. The molecular weight excluding hydrogens is 332 g/mol. The van der Waals surface area contributed by atoms with Gasteiger partial charge in [0.1, 0.15) is 5.75 Å². The molecule has 19 heavy (non-hydrogen) atoms. The summed E-state index contributed by atoms with van der Waals surface area (Å²) in [5, 5.41) is 0. The van der Waals surface area contributed by atoms with Crippen LogP contribution >= 0.6 is 15.9 Å². The molecule has 1 heterocycles. The highest BCUT2D eigenvalue weighted by Gasteiger charge is 2.20. The van der Waals surface area contributed by atoms with E-state index < -0.39 is 10.8 Å². The van der Waals surface area contributed by atoms with Crippen LogP contribution in [0.15, 0.2) is 27.6 Å². The summed E-state index contributed by atoms with van der Waals surface area (Å²) in [4.78, 5) is 14.3. The first-order valence-electron chi connectivity index (χ1n) is 5.87. The fourth-order valence-corrected chi connectivity index (χ4v) is 3.79. The molecule has 2 rings (SSSR count). The van der Waals surface area contributed by atoms with Crippen LogP contribution in [0.1, 0.15) is 0 Å². The molecule has 1 aromatic carbocycles. The highest BCUT2D eigenvalue weighted by molar-refractivity contribution is 9.10. The number of anilines is 1. The number of ether oxygens (including phenoxy) is 1. The van der Waals surface area contributed by atoms with E-state index in [9.17, 15) is 9.00 Å². The molecule has 1 aliphatic rings. The maximum atomic E-state index is 12.2. The SMILES string of the molecule is Nc1ccc(S(=O)CC(=O)N2CCOCC2)c(Br)c1. The molecule has 7 heteroatoms. The minimum absolute atomic E-state index is 0.0114. The van der Waals surface area contributed by atoms with Crippen LogP contribution in [0.4, 0.5) is 5.69 Å². The van der Waals surface area contributed by atoms with Crippen LogP contribution in [0.2, 0.25) is 0 Å². The lowest BCUT2D eigenvalue weighted by Gasteiger charge is -2.26. The van der Waals surface area contributed by atoms with Crippen molar-refractivity contribution in [2.45, 2.75) is 4.90 Å². The molecule has 0 saturated carbocycles. The minimum Gasteiger partial charge on any atom is -0.399 e. The van der Waals surface area contributed by atoms with Gasteiger partial charge in [-0.1, -0.05) is 0 Å². The predicted octanol–water partition coefficient (Wildman–Crippen LogP) is 0.998. The van der Waals surface area contributed by atoms with Gasteiger partial charge in [0.2, 0.25) is 5.91 Å². The highest BCUT2D eigenvalue weighted by Crippen LogP contribution is 2.23. The van der Waals surface area contributed by atoms with E-state index in [1.54, 1.807) is 23.1 Å². The van der Waals surface area contributed by atoms with Gasteiger partial charge in [0.25, 0.3) is 0 Å². The van der Waals surface area contributed by atoms with Crippen LogP contribution in [0.3, 0.4) is 0 Å². The fraction of sp³-hybridized carbons (Fsp3) is 0.417. The van der Waals surface area contributed by atoms with E-state index in [2.05, 4.69) is 15.9 Å². The standard InChI is InChI=1S/C12H15BrN2O3S/c13-10-7-9(14)1-2-11(10)19(17)8-12(16)15-3-5-18-6-4-15/h1-2,7H,3-6,8,14H2. The second kappa shape index (κ2) is 6.49. The van der Waals surface area contributed by atoms with E-state index in [4.69, 9.17) is 10.5 Å². The van der Waals surface area contributed by atoms with E-state index >= 15 is 0 Å². The Hall–Kier alpha value is -0.920. The first-order chi connectivity index (χ1) is 9.08. The van der Waals surface area contributed by atoms with Gasteiger partial charge < -0.3 is 15.4 Å². The van der Waals surface area contributed by atoms with Gasteiger partial charge in [-0.15, -0.1) is 0 Å². The Balaban J connectivity index is 2.02. The zero-order valence-corrected chi connectivity index (χ0v) is 12.7. The molecule has 2 N–H and O–H groups in total. The molecule has 5 nitrogen and oxygen atoms in total. The van der Waals surface area contributed by atoms with E-state index in [0.717, 1.165) is 0 Å². The lowest BCUT2D eigenvalue weighted by molar-refractivity contribution is -0.132. The zero-order chi connectivity index (χ0) is 13.8. The summed E-state index contributed by atoms with van der Waals surface area (Å²) in [5.74, 6) is -0.118. The summed E-state index contributed by atoms with van der Waals surface area (Å²) in [6, 6.07) is 5.05. The lowest BCUT2D eigenvalue weighted by atomic mass is 10.3. The number of nitrogens with zero attached hydrogens (tertiary/aromatic N) is 1. The molecule has 1 saturated heterocycles. The van der Waals surface area contributed by atoms with Crippen LogP contribution in [0, 0.1) is 0 Å². The maximum Gasteiger partial charge on any atom is 0.235 e. The third-order valence-corrected chi connectivity index (χ3v) is 5.09. The summed E-state index contributed by atoms with van der Waals surface area (Å²) in [7, 11) is -1.37. The summed E-state index contributed by atoms with van der Waals surface area (Å²) in [6.45, 7) is 2.23. The number of nitrogens with two attached hydrogens (primary N) is 1. The van der Waals surface area contributed by atoms with Gasteiger partial charge in [0.05, 0.1) is 28.9 Å². The van der Waals surface area contributed by atoms with Crippen molar-refractivity contribution in [2.75, 3.05) is 37.8 Å². The van der Waals surface area contributed by atoms with Gasteiger partial charge in [-0.05, 0) is 34.1 Å². The second-order valence-corrected chi connectivity index (χ2v) is 6.45. The van der Waals surface area contributed by atoms with Crippen molar-refractivity contribution in [2.24, 2.45) is 0 Å². The van der Waals surface area contributed by atoms with Crippen molar-refractivity contribution in [1.82, 2.24) is 4.90 Å². The normalized spacial score (nSPS) is 17.2. The fourth-order valence-electron chi connectivity index (χ4n) is 1.80. The summed E-state index contributed by atoms with van der Waals surface area (Å²) in [6.07, 6.45) is 0. The molecule has 0 aliphatic carbocycles. The smallest absolute Gasteiger partial charge is 0.235 e. The van der Waals surface area contributed by atoms with Crippen LogP contribution in [-0.2, 0) is 20.3 Å². The van der Waals surface area contributed by atoms with Gasteiger partial charge in [0.15, 0.2) is 0 Å². The topological polar surface area (TPSA) is 72.6 Å². The molecule has 0 spiro atoms. The van der Waals surface area contributed by atoms with Gasteiger partial charge >= 0.3 is 0 Å². The first kappa shape index (κ1) is 14.5. The Kier molecular flexibility index (Phi) is 4.95.